The fourth-order valence-electron chi connectivity index (χ4n) is 7.38. The molecule has 0 fully saturated rings. The number of fused-ring (bicyclic) bond motifs is 3. The van der Waals surface area contributed by atoms with Crippen molar-refractivity contribution in [3.8, 4) is 33.4 Å². The Balaban J connectivity index is 1.24. The summed E-state index contributed by atoms with van der Waals surface area (Å²) in [4.78, 5) is 0. The van der Waals surface area contributed by atoms with E-state index in [0.29, 0.717) is 0 Å². The Morgan fingerprint density at radius 1 is 0.283 bits per heavy atom. The largest absolute Gasteiger partial charge is 0.355 e. The third-order valence-electron chi connectivity index (χ3n) is 9.70. The Morgan fingerprint density at radius 2 is 0.660 bits per heavy atom. The van der Waals surface area contributed by atoms with Gasteiger partial charge in [0, 0.05) is 45.5 Å². The van der Waals surface area contributed by atoms with Crippen LogP contribution >= 0.6 is 0 Å². The van der Waals surface area contributed by atoms with Crippen LogP contribution in [0.2, 0.25) is 0 Å². The predicted molar refractivity (Wildman–Crippen MR) is 224 cm³/mol. The van der Waals surface area contributed by atoms with Crippen molar-refractivity contribution in [1.29, 1.82) is 0 Å². The van der Waals surface area contributed by atoms with Gasteiger partial charge in [-0.3, -0.25) is 0 Å². The maximum Gasteiger partial charge on any atom is 0.0411 e. The highest BCUT2D eigenvalue weighted by Gasteiger charge is 2.25. The van der Waals surface area contributed by atoms with E-state index in [0.717, 1.165) is 63.0 Å². The molecule has 0 atom stereocenters. The van der Waals surface area contributed by atoms with E-state index in [-0.39, 0.29) is 0 Å². The van der Waals surface area contributed by atoms with Crippen molar-refractivity contribution >= 4 is 45.5 Å². The van der Waals surface area contributed by atoms with Crippen LogP contribution in [0.4, 0.5) is 45.5 Å². The van der Waals surface area contributed by atoms with Crippen molar-refractivity contribution in [3.63, 3.8) is 0 Å². The highest BCUT2D eigenvalue weighted by molar-refractivity contribution is 5.96. The molecule has 9 rings (SSSR count). The van der Waals surface area contributed by atoms with Crippen molar-refractivity contribution in [2.75, 3.05) is 21.3 Å². The summed E-state index contributed by atoms with van der Waals surface area (Å²) < 4.78 is 0. The second kappa shape index (κ2) is 14.3. The molecule has 0 amide bonds. The Morgan fingerprint density at radius 3 is 1.11 bits per heavy atom. The minimum Gasteiger partial charge on any atom is -0.355 e. The van der Waals surface area contributed by atoms with Crippen LogP contribution in [-0.2, 0) is 6.42 Å². The lowest BCUT2D eigenvalue weighted by Crippen LogP contribution is -1.99. The minimum atomic E-state index is 0.865. The number of nitrogens with one attached hydrogen (secondary N) is 4. The summed E-state index contributed by atoms with van der Waals surface area (Å²) in [6.45, 7) is 0. The Kier molecular flexibility index (Phi) is 8.61. The van der Waals surface area contributed by atoms with E-state index in [9.17, 15) is 0 Å². The van der Waals surface area contributed by atoms with Gasteiger partial charge < -0.3 is 21.3 Å². The first kappa shape index (κ1) is 31.9. The van der Waals surface area contributed by atoms with E-state index < -0.39 is 0 Å². The highest BCUT2D eigenvalue weighted by Crippen LogP contribution is 2.48. The molecule has 4 N–H and O–H groups in total. The van der Waals surface area contributed by atoms with Crippen LogP contribution in [0.5, 0.6) is 0 Å². The van der Waals surface area contributed by atoms with Gasteiger partial charge in [0.15, 0.2) is 0 Å². The maximum atomic E-state index is 3.70. The summed E-state index contributed by atoms with van der Waals surface area (Å²) >= 11 is 0. The summed E-state index contributed by atoms with van der Waals surface area (Å²) in [5, 5.41) is 14.8. The standard InChI is InChI=1S/C49H38N4/c1-5-16-37(17-6-1)50-41-27-35(28-42(32-41)51-38-18-7-2-8-19-38)46-25-26-47-45-24-14-13-15-34(45)31-48(47)49(46)36-29-43(52-39-20-9-3-10-21-39)33-44(30-36)53-40-22-11-4-12-23-40/h1-30,32-33,50-53H,31H2. The van der Waals surface area contributed by atoms with Gasteiger partial charge in [0.1, 0.15) is 0 Å². The van der Waals surface area contributed by atoms with E-state index in [1.165, 1.54) is 33.4 Å². The Labute approximate surface area is 310 Å². The molecule has 0 aliphatic heterocycles. The molecule has 0 heterocycles. The van der Waals surface area contributed by atoms with Crippen LogP contribution in [0.1, 0.15) is 11.1 Å². The van der Waals surface area contributed by atoms with Crippen molar-refractivity contribution in [2.24, 2.45) is 0 Å². The van der Waals surface area contributed by atoms with Gasteiger partial charge in [-0.25, -0.2) is 0 Å². The van der Waals surface area contributed by atoms with E-state index in [1.54, 1.807) is 0 Å². The molecule has 53 heavy (non-hydrogen) atoms. The molecule has 0 spiro atoms. The van der Waals surface area contributed by atoms with Crippen LogP contribution in [0, 0.1) is 0 Å². The van der Waals surface area contributed by atoms with Gasteiger partial charge >= 0.3 is 0 Å². The molecule has 0 radical (unpaired) electrons. The molecule has 0 unspecified atom stereocenters. The SMILES string of the molecule is c1ccc(Nc2cc(Nc3ccccc3)cc(-c3ccc4c(c3-c3cc(Nc5ccccc5)cc(Nc5ccccc5)c3)Cc3ccccc3-4)c2)cc1. The first-order chi connectivity index (χ1) is 26.2. The van der Waals surface area contributed by atoms with Crippen LogP contribution in [-0.4, -0.2) is 0 Å². The van der Waals surface area contributed by atoms with Crippen LogP contribution < -0.4 is 21.3 Å². The van der Waals surface area contributed by atoms with E-state index in [1.807, 2.05) is 24.3 Å². The summed E-state index contributed by atoms with van der Waals surface area (Å²) in [6.07, 6.45) is 0.865. The lowest BCUT2D eigenvalue weighted by Gasteiger charge is -2.20. The van der Waals surface area contributed by atoms with Crippen molar-refractivity contribution in [2.45, 2.75) is 6.42 Å². The molecule has 0 saturated carbocycles. The first-order valence-corrected chi connectivity index (χ1v) is 18.1. The molecule has 1 aliphatic carbocycles. The second-order valence-electron chi connectivity index (χ2n) is 13.4. The van der Waals surface area contributed by atoms with Gasteiger partial charge in [-0.1, -0.05) is 109 Å². The fourth-order valence-corrected chi connectivity index (χ4v) is 7.38. The molecule has 0 bridgehead atoms. The summed E-state index contributed by atoms with van der Waals surface area (Å²) in [6, 6.07) is 68.4. The van der Waals surface area contributed by atoms with Crippen molar-refractivity contribution in [3.05, 3.63) is 205 Å². The normalized spacial score (nSPS) is 11.3. The smallest absolute Gasteiger partial charge is 0.0411 e. The predicted octanol–water partition coefficient (Wildman–Crippen LogP) is 13.6. The van der Waals surface area contributed by atoms with Gasteiger partial charge in [0.2, 0.25) is 0 Å². The number of hydrogen-bond donors (Lipinski definition) is 4. The molecular formula is C49H38N4. The van der Waals surface area contributed by atoms with E-state index in [2.05, 4.69) is 191 Å². The van der Waals surface area contributed by atoms with Gasteiger partial charge in [-0.2, -0.15) is 0 Å². The third kappa shape index (κ3) is 6.99. The molecule has 8 aromatic carbocycles. The zero-order chi connectivity index (χ0) is 35.4. The van der Waals surface area contributed by atoms with Gasteiger partial charge in [-0.15, -0.1) is 0 Å². The number of anilines is 8. The lowest BCUT2D eigenvalue weighted by atomic mass is 9.87. The van der Waals surface area contributed by atoms with Crippen molar-refractivity contribution in [1.82, 2.24) is 0 Å². The third-order valence-corrected chi connectivity index (χ3v) is 9.70. The zero-order valence-electron chi connectivity index (χ0n) is 29.2. The molecule has 254 valence electrons. The van der Waals surface area contributed by atoms with E-state index in [4.69, 9.17) is 0 Å². The lowest BCUT2D eigenvalue weighted by molar-refractivity contribution is 1.26. The average molecular weight is 683 g/mol. The maximum absolute atomic E-state index is 3.70. The summed E-state index contributed by atoms with van der Waals surface area (Å²) in [7, 11) is 0. The quantitative estimate of drug-likeness (QED) is 0.116. The van der Waals surface area contributed by atoms with Crippen LogP contribution in [0.25, 0.3) is 33.4 Å². The Hall–Kier alpha value is -7.04. The highest BCUT2D eigenvalue weighted by atomic mass is 14.9. The average Bonchev–Trinajstić information content (AvgIpc) is 3.58. The molecule has 4 nitrogen and oxygen atoms in total. The molecule has 4 heteroatoms. The van der Waals surface area contributed by atoms with Gasteiger partial charge in [-0.05, 0) is 136 Å². The minimum absolute atomic E-state index is 0.865. The Bertz CT molecular complexity index is 2390. The van der Waals surface area contributed by atoms with Gasteiger partial charge in [0.25, 0.3) is 0 Å². The number of rotatable bonds is 10. The first-order valence-electron chi connectivity index (χ1n) is 18.1. The fraction of sp³-hybridized carbons (Fsp3) is 0.0204. The van der Waals surface area contributed by atoms with E-state index >= 15 is 0 Å². The van der Waals surface area contributed by atoms with Gasteiger partial charge in [0.05, 0.1) is 0 Å². The number of para-hydroxylation sites is 4. The monoisotopic (exact) mass is 682 g/mol. The molecule has 0 saturated heterocycles. The van der Waals surface area contributed by atoms with Crippen molar-refractivity contribution < 1.29 is 0 Å². The molecular weight excluding hydrogens is 645 g/mol. The summed E-state index contributed by atoms with van der Waals surface area (Å²) in [5.41, 5.74) is 18.2. The number of benzene rings is 8. The van der Waals surface area contributed by atoms with Crippen LogP contribution in [0.3, 0.4) is 0 Å². The molecule has 0 aromatic heterocycles. The number of hydrogen-bond acceptors (Lipinski definition) is 4. The summed E-state index contributed by atoms with van der Waals surface area (Å²) in [5.74, 6) is 0. The molecule has 8 aromatic rings. The van der Waals surface area contributed by atoms with Crippen LogP contribution in [0.15, 0.2) is 194 Å². The second-order valence-corrected chi connectivity index (χ2v) is 13.4. The zero-order valence-corrected chi connectivity index (χ0v) is 29.2. The molecule has 1 aliphatic rings. The topological polar surface area (TPSA) is 48.1 Å².